The Morgan fingerprint density at radius 2 is 2.11 bits per heavy atom. The van der Waals surface area contributed by atoms with Crippen molar-refractivity contribution >= 4 is 16.8 Å². The molecule has 2 aromatic rings. The summed E-state index contributed by atoms with van der Waals surface area (Å²) in [4.78, 5) is 18.9. The van der Waals surface area contributed by atoms with E-state index in [9.17, 15) is 4.79 Å². The Kier molecular flexibility index (Phi) is 4.44. The standard InChI is InChI=1S/C22H30N4O/c27-21(22-8-5-16(13-22)6-9-22)25-20-15-23-10-12-26(20)11-7-17-14-24-19-4-2-1-3-18(17)19/h1-4,14,16,20,23-24H,5-13,15H2,(H,25,27). The quantitative estimate of drug-likeness (QED) is 0.762. The highest BCUT2D eigenvalue weighted by molar-refractivity contribution is 5.84. The number of hydrogen-bond acceptors (Lipinski definition) is 3. The van der Waals surface area contributed by atoms with Crippen LogP contribution in [-0.4, -0.2) is 48.1 Å². The van der Waals surface area contributed by atoms with Crippen molar-refractivity contribution in [3.05, 3.63) is 36.0 Å². The van der Waals surface area contributed by atoms with Gasteiger partial charge in [0.1, 0.15) is 0 Å². The lowest BCUT2D eigenvalue weighted by atomic mass is 9.83. The molecule has 1 amide bonds. The molecule has 3 N–H and O–H groups in total. The van der Waals surface area contributed by atoms with Crippen molar-refractivity contribution in [3.8, 4) is 0 Å². The fourth-order valence-corrected chi connectivity index (χ4v) is 5.57. The third kappa shape index (κ3) is 3.17. The van der Waals surface area contributed by atoms with Crippen LogP contribution in [0.25, 0.3) is 10.9 Å². The highest BCUT2D eigenvalue weighted by Gasteiger charge is 2.50. The van der Waals surface area contributed by atoms with Gasteiger partial charge in [-0.05, 0) is 56.1 Å². The van der Waals surface area contributed by atoms with E-state index in [4.69, 9.17) is 0 Å². The summed E-state index contributed by atoms with van der Waals surface area (Å²) < 4.78 is 0. The normalized spacial score (nSPS) is 30.8. The number of rotatable bonds is 5. The minimum absolute atomic E-state index is 0.0510. The topological polar surface area (TPSA) is 60.2 Å². The zero-order chi connectivity index (χ0) is 18.3. The maximum absolute atomic E-state index is 13.1. The molecule has 144 valence electrons. The average molecular weight is 367 g/mol. The summed E-state index contributed by atoms with van der Waals surface area (Å²) in [6.45, 7) is 3.81. The number of carbonyl (C=O) groups is 1. The van der Waals surface area contributed by atoms with E-state index in [2.05, 4.69) is 51.0 Å². The fourth-order valence-electron chi connectivity index (χ4n) is 5.57. The van der Waals surface area contributed by atoms with Crippen molar-refractivity contribution < 1.29 is 4.79 Å². The molecule has 2 aliphatic carbocycles. The lowest BCUT2D eigenvalue weighted by Gasteiger charge is -2.38. The van der Waals surface area contributed by atoms with E-state index in [1.807, 2.05) is 0 Å². The van der Waals surface area contributed by atoms with Crippen molar-refractivity contribution in [2.24, 2.45) is 11.3 Å². The summed E-state index contributed by atoms with van der Waals surface area (Å²) >= 11 is 0. The van der Waals surface area contributed by atoms with Crippen LogP contribution < -0.4 is 10.6 Å². The Morgan fingerprint density at radius 3 is 2.93 bits per heavy atom. The van der Waals surface area contributed by atoms with Crippen LogP contribution in [-0.2, 0) is 11.2 Å². The number of carbonyl (C=O) groups excluding carboxylic acids is 1. The van der Waals surface area contributed by atoms with Crippen LogP contribution >= 0.6 is 0 Å². The number of aromatic amines is 1. The monoisotopic (exact) mass is 366 g/mol. The molecule has 3 aliphatic rings. The van der Waals surface area contributed by atoms with Gasteiger partial charge in [0.05, 0.1) is 6.17 Å². The van der Waals surface area contributed by atoms with Gasteiger partial charge in [0.15, 0.2) is 0 Å². The number of nitrogens with zero attached hydrogens (tertiary/aromatic N) is 1. The lowest BCUT2D eigenvalue weighted by molar-refractivity contribution is -0.133. The molecular formula is C22H30N4O. The van der Waals surface area contributed by atoms with Gasteiger partial charge in [0.2, 0.25) is 5.91 Å². The maximum atomic E-state index is 13.1. The maximum Gasteiger partial charge on any atom is 0.227 e. The van der Waals surface area contributed by atoms with Gasteiger partial charge in [0.25, 0.3) is 0 Å². The lowest BCUT2D eigenvalue weighted by Crippen LogP contribution is -2.61. The van der Waals surface area contributed by atoms with Crippen molar-refractivity contribution in [3.63, 3.8) is 0 Å². The first-order chi connectivity index (χ1) is 13.2. The van der Waals surface area contributed by atoms with E-state index in [0.717, 1.165) is 57.8 Å². The van der Waals surface area contributed by atoms with Crippen molar-refractivity contribution in [1.82, 2.24) is 20.5 Å². The van der Waals surface area contributed by atoms with E-state index in [-0.39, 0.29) is 11.6 Å². The Labute approximate surface area is 160 Å². The number of para-hydroxylation sites is 1. The van der Waals surface area contributed by atoms with Crippen molar-refractivity contribution in [1.29, 1.82) is 0 Å². The molecule has 2 saturated carbocycles. The van der Waals surface area contributed by atoms with Gasteiger partial charge in [-0.1, -0.05) is 18.2 Å². The second-order valence-corrected chi connectivity index (χ2v) is 8.77. The van der Waals surface area contributed by atoms with Gasteiger partial charge in [-0.15, -0.1) is 0 Å². The number of fused-ring (bicyclic) bond motifs is 3. The largest absolute Gasteiger partial charge is 0.361 e. The Bertz CT molecular complexity index is 821. The second kappa shape index (κ2) is 6.95. The van der Waals surface area contributed by atoms with E-state index in [1.165, 1.54) is 29.3 Å². The first-order valence-electron chi connectivity index (χ1n) is 10.5. The summed E-state index contributed by atoms with van der Waals surface area (Å²) in [6, 6.07) is 8.49. The smallest absolute Gasteiger partial charge is 0.227 e. The van der Waals surface area contributed by atoms with Gasteiger partial charge >= 0.3 is 0 Å². The van der Waals surface area contributed by atoms with Crippen LogP contribution in [0.3, 0.4) is 0 Å². The predicted molar refractivity (Wildman–Crippen MR) is 107 cm³/mol. The number of amides is 1. The minimum atomic E-state index is -0.0510. The molecule has 1 atom stereocenters. The van der Waals surface area contributed by atoms with E-state index in [0.29, 0.717) is 5.91 Å². The van der Waals surface area contributed by atoms with E-state index in [1.54, 1.807) is 0 Å². The average Bonchev–Trinajstić information content (AvgIpc) is 3.43. The molecule has 5 heteroatoms. The number of aromatic nitrogens is 1. The molecule has 1 aliphatic heterocycles. The molecule has 1 aromatic heterocycles. The summed E-state index contributed by atoms with van der Waals surface area (Å²) in [5.74, 6) is 1.12. The molecule has 0 spiro atoms. The van der Waals surface area contributed by atoms with Gasteiger partial charge < -0.3 is 15.6 Å². The molecule has 1 saturated heterocycles. The molecule has 1 aromatic carbocycles. The van der Waals surface area contributed by atoms with Gasteiger partial charge in [0, 0.05) is 48.7 Å². The summed E-state index contributed by atoms with van der Waals surface area (Å²) in [7, 11) is 0. The number of benzene rings is 1. The third-order valence-electron chi connectivity index (χ3n) is 7.22. The number of hydrogen-bond donors (Lipinski definition) is 3. The first-order valence-corrected chi connectivity index (χ1v) is 10.5. The van der Waals surface area contributed by atoms with E-state index < -0.39 is 0 Å². The van der Waals surface area contributed by atoms with Crippen LogP contribution in [0.2, 0.25) is 0 Å². The zero-order valence-corrected chi connectivity index (χ0v) is 16.0. The first kappa shape index (κ1) is 17.3. The van der Waals surface area contributed by atoms with Crippen LogP contribution in [0.15, 0.2) is 30.5 Å². The molecule has 5 nitrogen and oxygen atoms in total. The van der Waals surface area contributed by atoms with Gasteiger partial charge in [-0.2, -0.15) is 0 Å². The number of nitrogens with one attached hydrogen (secondary N) is 3. The Morgan fingerprint density at radius 1 is 1.26 bits per heavy atom. The van der Waals surface area contributed by atoms with Crippen LogP contribution in [0.5, 0.6) is 0 Å². The number of H-pyrrole nitrogens is 1. The van der Waals surface area contributed by atoms with Crippen molar-refractivity contribution in [2.75, 3.05) is 26.2 Å². The molecule has 0 radical (unpaired) electrons. The highest BCUT2D eigenvalue weighted by atomic mass is 16.2. The zero-order valence-electron chi connectivity index (χ0n) is 16.0. The molecule has 2 bridgehead atoms. The van der Waals surface area contributed by atoms with E-state index >= 15 is 0 Å². The number of piperazine rings is 1. The molecule has 2 heterocycles. The molecule has 5 rings (SSSR count). The van der Waals surface area contributed by atoms with Gasteiger partial charge in [-0.3, -0.25) is 9.69 Å². The molecular weight excluding hydrogens is 336 g/mol. The predicted octanol–water partition coefficient (Wildman–Crippen LogP) is 2.64. The summed E-state index contributed by atoms with van der Waals surface area (Å²) in [5.41, 5.74) is 2.51. The highest BCUT2D eigenvalue weighted by Crippen LogP contribution is 2.54. The fraction of sp³-hybridized carbons (Fsp3) is 0.591. The SMILES string of the molecule is O=C(NC1CNCCN1CCc1c[nH]c2ccccc12)C12CCC(CC1)C2. The van der Waals surface area contributed by atoms with Gasteiger partial charge in [-0.25, -0.2) is 0 Å². The summed E-state index contributed by atoms with van der Waals surface area (Å²) in [5, 5.41) is 8.19. The Hall–Kier alpha value is -1.85. The Balaban J connectivity index is 1.24. The molecule has 1 unspecified atom stereocenters. The minimum Gasteiger partial charge on any atom is -0.361 e. The van der Waals surface area contributed by atoms with Crippen LogP contribution in [0.4, 0.5) is 0 Å². The van der Waals surface area contributed by atoms with Crippen LogP contribution in [0, 0.1) is 11.3 Å². The van der Waals surface area contributed by atoms with Crippen LogP contribution in [0.1, 0.15) is 37.7 Å². The third-order valence-corrected chi connectivity index (χ3v) is 7.22. The molecule has 27 heavy (non-hydrogen) atoms. The van der Waals surface area contributed by atoms with Crippen molar-refractivity contribution in [2.45, 2.75) is 44.7 Å². The summed E-state index contributed by atoms with van der Waals surface area (Å²) in [6.07, 6.45) is 9.07. The molecule has 3 fully saturated rings. The second-order valence-electron chi connectivity index (χ2n) is 8.77.